The van der Waals surface area contributed by atoms with Crippen LogP contribution in [0.2, 0.25) is 0 Å². The lowest BCUT2D eigenvalue weighted by molar-refractivity contribution is 0.810. The van der Waals surface area contributed by atoms with Crippen LogP contribution in [0.25, 0.3) is 10.4 Å². The molecule has 0 aliphatic carbocycles. The molecule has 1 heterocycles. The van der Waals surface area contributed by atoms with Crippen LogP contribution in [-0.2, 0) is 6.54 Å². The van der Waals surface area contributed by atoms with E-state index in [-0.39, 0.29) is 0 Å². The van der Waals surface area contributed by atoms with Crippen molar-refractivity contribution >= 4 is 17.0 Å². The number of nitrogens with one attached hydrogen (secondary N) is 1. The van der Waals surface area contributed by atoms with E-state index in [4.69, 9.17) is 0 Å². The predicted octanol–water partition coefficient (Wildman–Crippen LogP) is 2.60. The Morgan fingerprint density at radius 2 is 1.94 bits per heavy atom. The average molecular weight is 247 g/mol. The fraction of sp³-hybridized carbons (Fsp3) is 0.308. The third kappa shape index (κ3) is 2.84. The molecule has 0 fully saturated rings. The Bertz CT molecular complexity index is 474. The van der Waals surface area contributed by atoms with Crippen LogP contribution in [0, 0.1) is 0 Å². The van der Waals surface area contributed by atoms with E-state index in [9.17, 15) is 0 Å². The minimum absolute atomic E-state index is 0.834. The molecule has 0 aliphatic rings. The maximum atomic E-state index is 4.39. The summed E-state index contributed by atoms with van der Waals surface area (Å²) in [5.41, 5.74) is 2.45. The van der Waals surface area contributed by atoms with Crippen LogP contribution in [0.1, 0.15) is 5.01 Å². The van der Waals surface area contributed by atoms with Gasteiger partial charge in [-0.25, -0.2) is 4.98 Å². The molecule has 90 valence electrons. The van der Waals surface area contributed by atoms with Gasteiger partial charge in [-0.1, -0.05) is 12.1 Å². The van der Waals surface area contributed by atoms with Crippen molar-refractivity contribution < 1.29 is 0 Å². The molecule has 1 aromatic heterocycles. The van der Waals surface area contributed by atoms with Crippen molar-refractivity contribution in [3.8, 4) is 10.4 Å². The van der Waals surface area contributed by atoms with E-state index in [2.05, 4.69) is 39.5 Å². The van der Waals surface area contributed by atoms with E-state index in [0.717, 1.165) is 11.6 Å². The van der Waals surface area contributed by atoms with Crippen molar-refractivity contribution in [1.29, 1.82) is 0 Å². The SMILES string of the molecule is CNCc1ncc(-c2ccc(N(C)C)cc2)s1. The number of benzene rings is 1. The second-order valence-electron chi connectivity index (χ2n) is 4.09. The zero-order chi connectivity index (χ0) is 12.3. The van der Waals surface area contributed by atoms with E-state index in [0.29, 0.717) is 0 Å². The lowest BCUT2D eigenvalue weighted by Gasteiger charge is -2.12. The van der Waals surface area contributed by atoms with E-state index in [1.807, 2.05) is 27.3 Å². The topological polar surface area (TPSA) is 28.2 Å². The highest BCUT2D eigenvalue weighted by atomic mass is 32.1. The standard InChI is InChI=1S/C13H17N3S/c1-14-9-13-15-8-12(17-13)10-4-6-11(7-5-10)16(2)3/h4-8,14H,9H2,1-3H3. The van der Waals surface area contributed by atoms with E-state index >= 15 is 0 Å². The van der Waals surface area contributed by atoms with Gasteiger partial charge < -0.3 is 10.2 Å². The number of hydrogen-bond donors (Lipinski definition) is 1. The fourth-order valence-electron chi connectivity index (χ4n) is 1.60. The van der Waals surface area contributed by atoms with E-state index in [1.54, 1.807) is 11.3 Å². The van der Waals surface area contributed by atoms with Crippen LogP contribution in [0.4, 0.5) is 5.69 Å². The molecular weight excluding hydrogens is 230 g/mol. The Morgan fingerprint density at radius 3 is 2.53 bits per heavy atom. The number of hydrogen-bond acceptors (Lipinski definition) is 4. The minimum atomic E-state index is 0.834. The molecule has 1 aromatic carbocycles. The molecule has 0 aliphatic heterocycles. The van der Waals surface area contributed by atoms with Gasteiger partial charge in [0.15, 0.2) is 0 Å². The van der Waals surface area contributed by atoms with Crippen molar-refractivity contribution in [2.45, 2.75) is 6.54 Å². The van der Waals surface area contributed by atoms with Gasteiger partial charge in [0, 0.05) is 32.5 Å². The zero-order valence-electron chi connectivity index (χ0n) is 10.4. The van der Waals surface area contributed by atoms with Crippen molar-refractivity contribution in [1.82, 2.24) is 10.3 Å². The highest BCUT2D eigenvalue weighted by Crippen LogP contribution is 2.27. The summed E-state index contributed by atoms with van der Waals surface area (Å²) >= 11 is 1.74. The molecule has 4 heteroatoms. The van der Waals surface area contributed by atoms with Crippen LogP contribution < -0.4 is 10.2 Å². The van der Waals surface area contributed by atoms with Crippen LogP contribution >= 0.6 is 11.3 Å². The highest BCUT2D eigenvalue weighted by molar-refractivity contribution is 7.15. The average Bonchev–Trinajstić information content (AvgIpc) is 2.78. The lowest BCUT2D eigenvalue weighted by Crippen LogP contribution is -2.07. The van der Waals surface area contributed by atoms with Gasteiger partial charge >= 0.3 is 0 Å². The van der Waals surface area contributed by atoms with Gasteiger partial charge in [0.1, 0.15) is 5.01 Å². The monoisotopic (exact) mass is 247 g/mol. The summed E-state index contributed by atoms with van der Waals surface area (Å²) in [5, 5.41) is 4.24. The molecule has 0 spiro atoms. The summed E-state index contributed by atoms with van der Waals surface area (Å²) in [4.78, 5) is 7.71. The van der Waals surface area contributed by atoms with Gasteiger partial charge in [-0.15, -0.1) is 11.3 Å². The third-order valence-corrected chi connectivity index (χ3v) is 3.60. The van der Waals surface area contributed by atoms with Crippen molar-refractivity contribution in [2.75, 3.05) is 26.0 Å². The van der Waals surface area contributed by atoms with Gasteiger partial charge in [0.05, 0.1) is 4.88 Å². The summed E-state index contributed by atoms with van der Waals surface area (Å²) < 4.78 is 0. The smallest absolute Gasteiger partial charge is 0.107 e. The molecule has 0 radical (unpaired) electrons. The first-order chi connectivity index (χ1) is 8.20. The number of thiazole rings is 1. The first-order valence-electron chi connectivity index (χ1n) is 5.58. The van der Waals surface area contributed by atoms with Gasteiger partial charge in [-0.3, -0.25) is 0 Å². The zero-order valence-corrected chi connectivity index (χ0v) is 11.2. The summed E-state index contributed by atoms with van der Waals surface area (Å²) in [6.45, 7) is 0.834. The number of anilines is 1. The summed E-state index contributed by atoms with van der Waals surface area (Å²) in [7, 11) is 6.03. The second kappa shape index (κ2) is 5.29. The first-order valence-corrected chi connectivity index (χ1v) is 6.39. The Hall–Kier alpha value is -1.39. The Balaban J connectivity index is 2.21. The van der Waals surface area contributed by atoms with Crippen molar-refractivity contribution in [3.63, 3.8) is 0 Å². The molecule has 2 aromatic rings. The molecule has 0 unspecified atom stereocenters. The van der Waals surface area contributed by atoms with Crippen LogP contribution in [0.3, 0.4) is 0 Å². The van der Waals surface area contributed by atoms with Crippen LogP contribution in [0.15, 0.2) is 30.5 Å². The Morgan fingerprint density at radius 1 is 1.24 bits per heavy atom. The maximum absolute atomic E-state index is 4.39. The summed E-state index contributed by atoms with van der Waals surface area (Å²) in [6.07, 6.45) is 1.95. The Labute approximate surface area is 106 Å². The molecule has 0 bridgehead atoms. The van der Waals surface area contributed by atoms with E-state index < -0.39 is 0 Å². The molecular formula is C13H17N3S. The highest BCUT2D eigenvalue weighted by Gasteiger charge is 2.04. The molecule has 0 amide bonds. The molecule has 2 rings (SSSR count). The van der Waals surface area contributed by atoms with Crippen LogP contribution in [-0.4, -0.2) is 26.1 Å². The van der Waals surface area contributed by atoms with Gasteiger partial charge in [0.25, 0.3) is 0 Å². The Kier molecular flexibility index (Phi) is 3.76. The van der Waals surface area contributed by atoms with Gasteiger partial charge in [-0.2, -0.15) is 0 Å². The predicted molar refractivity (Wildman–Crippen MR) is 74.6 cm³/mol. The molecule has 3 nitrogen and oxygen atoms in total. The van der Waals surface area contributed by atoms with Gasteiger partial charge in [0.2, 0.25) is 0 Å². The fourth-order valence-corrected chi connectivity index (χ4v) is 2.54. The largest absolute Gasteiger partial charge is 0.378 e. The van der Waals surface area contributed by atoms with Crippen molar-refractivity contribution in [2.24, 2.45) is 0 Å². The summed E-state index contributed by atoms with van der Waals surface area (Å²) in [5.74, 6) is 0. The van der Waals surface area contributed by atoms with Crippen LogP contribution in [0.5, 0.6) is 0 Å². The molecule has 0 saturated heterocycles. The number of nitrogens with zero attached hydrogens (tertiary/aromatic N) is 2. The second-order valence-corrected chi connectivity index (χ2v) is 5.21. The normalized spacial score (nSPS) is 10.5. The van der Waals surface area contributed by atoms with E-state index in [1.165, 1.54) is 16.1 Å². The minimum Gasteiger partial charge on any atom is -0.378 e. The quantitative estimate of drug-likeness (QED) is 0.900. The third-order valence-electron chi connectivity index (χ3n) is 2.55. The molecule has 17 heavy (non-hydrogen) atoms. The number of aromatic nitrogens is 1. The first kappa shape index (κ1) is 12.1. The maximum Gasteiger partial charge on any atom is 0.107 e. The lowest BCUT2D eigenvalue weighted by atomic mass is 10.2. The summed E-state index contributed by atoms with van der Waals surface area (Å²) in [6, 6.07) is 8.55. The number of rotatable bonds is 4. The van der Waals surface area contributed by atoms with Crippen molar-refractivity contribution in [3.05, 3.63) is 35.5 Å². The molecule has 0 atom stereocenters. The molecule has 1 N–H and O–H groups in total. The van der Waals surface area contributed by atoms with Gasteiger partial charge in [-0.05, 0) is 24.7 Å². The molecule has 0 saturated carbocycles.